The molecule has 120 valence electrons. The predicted octanol–water partition coefficient (Wildman–Crippen LogP) is 0.0849. The van der Waals surface area contributed by atoms with Gasteiger partial charge >= 0.3 is 0 Å². The molecule has 0 aromatic carbocycles. The first-order chi connectivity index (χ1) is 10.4. The van der Waals surface area contributed by atoms with Crippen molar-refractivity contribution in [2.24, 2.45) is 5.92 Å². The van der Waals surface area contributed by atoms with Gasteiger partial charge in [0.1, 0.15) is 5.69 Å². The third kappa shape index (κ3) is 3.29. The molecule has 0 bridgehead atoms. The second kappa shape index (κ2) is 6.64. The maximum atomic E-state index is 12.4. The highest BCUT2D eigenvalue weighted by Gasteiger charge is 2.25. The summed E-state index contributed by atoms with van der Waals surface area (Å²) < 4.78 is 6.71. The van der Waals surface area contributed by atoms with Gasteiger partial charge in [0.05, 0.1) is 13.3 Å². The van der Waals surface area contributed by atoms with Gasteiger partial charge in [-0.2, -0.15) is 0 Å². The van der Waals surface area contributed by atoms with Gasteiger partial charge < -0.3 is 19.5 Å². The fourth-order valence-electron chi connectivity index (χ4n) is 2.30. The van der Waals surface area contributed by atoms with Gasteiger partial charge in [-0.3, -0.25) is 14.4 Å². The van der Waals surface area contributed by atoms with Crippen LogP contribution < -0.4 is 15.5 Å². The fraction of sp³-hybridized carbons (Fsp3) is 0.533. The normalized spacial score (nSPS) is 14.0. The van der Waals surface area contributed by atoms with Crippen LogP contribution >= 0.6 is 0 Å². The zero-order valence-electron chi connectivity index (χ0n) is 13.1. The summed E-state index contributed by atoms with van der Waals surface area (Å²) in [5.74, 6) is -0.0892. The molecule has 1 aromatic heterocycles. The lowest BCUT2D eigenvalue weighted by molar-refractivity contribution is -0.124. The first kappa shape index (κ1) is 16.1. The Morgan fingerprint density at radius 3 is 2.73 bits per heavy atom. The average molecular weight is 307 g/mol. The van der Waals surface area contributed by atoms with Crippen molar-refractivity contribution in [3.8, 4) is 5.75 Å². The van der Waals surface area contributed by atoms with Crippen molar-refractivity contribution in [1.82, 2.24) is 14.8 Å². The summed E-state index contributed by atoms with van der Waals surface area (Å²) >= 11 is 0. The number of fused-ring (bicyclic) bond motifs is 1. The number of nitrogens with zero attached hydrogens (tertiary/aromatic N) is 2. The Bertz CT molecular complexity index is 636. The van der Waals surface area contributed by atoms with Gasteiger partial charge in [0.25, 0.3) is 5.91 Å². The third-order valence-electron chi connectivity index (χ3n) is 3.64. The number of rotatable bonds is 5. The lowest BCUT2D eigenvalue weighted by atomic mass is 10.2. The highest BCUT2D eigenvalue weighted by Crippen LogP contribution is 2.13. The van der Waals surface area contributed by atoms with E-state index in [0.29, 0.717) is 31.9 Å². The van der Waals surface area contributed by atoms with Gasteiger partial charge in [0, 0.05) is 38.2 Å². The number of pyridine rings is 1. The van der Waals surface area contributed by atoms with E-state index >= 15 is 0 Å². The van der Waals surface area contributed by atoms with E-state index in [-0.39, 0.29) is 28.9 Å². The van der Waals surface area contributed by atoms with Gasteiger partial charge in [-0.1, -0.05) is 13.8 Å². The fourth-order valence-corrected chi connectivity index (χ4v) is 2.30. The molecule has 1 aromatic rings. The predicted molar refractivity (Wildman–Crippen MR) is 81.0 cm³/mol. The van der Waals surface area contributed by atoms with E-state index in [2.05, 4.69) is 5.32 Å². The number of carbonyl (C=O) groups excluding carboxylic acids is 2. The lowest BCUT2D eigenvalue weighted by Gasteiger charge is -2.30. The number of hydrogen-bond donors (Lipinski definition) is 1. The molecule has 7 heteroatoms. The maximum Gasteiger partial charge on any atom is 0.270 e. The largest absolute Gasteiger partial charge is 0.491 e. The molecule has 0 spiro atoms. The van der Waals surface area contributed by atoms with Crippen molar-refractivity contribution in [3.05, 3.63) is 28.2 Å². The molecule has 0 aliphatic carbocycles. The van der Waals surface area contributed by atoms with Crippen LogP contribution in [0.5, 0.6) is 5.75 Å². The highest BCUT2D eigenvalue weighted by molar-refractivity contribution is 5.93. The first-order valence-corrected chi connectivity index (χ1v) is 7.29. The van der Waals surface area contributed by atoms with E-state index in [1.807, 2.05) is 13.8 Å². The SMILES string of the molecule is COc1cn2c(cc1=O)C(=O)N(CCNC(=O)C(C)C)CC2. The number of ether oxygens (including phenoxy) is 1. The Hall–Kier alpha value is -2.31. The Morgan fingerprint density at radius 1 is 1.36 bits per heavy atom. The number of carbonyl (C=O) groups is 2. The van der Waals surface area contributed by atoms with Crippen LogP contribution in [0.3, 0.4) is 0 Å². The smallest absolute Gasteiger partial charge is 0.270 e. The van der Waals surface area contributed by atoms with Gasteiger partial charge in [0.2, 0.25) is 11.3 Å². The molecule has 0 saturated carbocycles. The second-order valence-corrected chi connectivity index (χ2v) is 5.52. The minimum atomic E-state index is -0.308. The van der Waals surface area contributed by atoms with E-state index in [1.165, 1.54) is 13.2 Å². The standard InChI is InChI=1S/C15H21N3O4/c1-10(2)14(20)16-4-5-17-6-7-18-9-13(22-3)12(19)8-11(18)15(17)21/h8-10H,4-7H2,1-3H3,(H,16,20). The minimum absolute atomic E-state index is 0.0363. The van der Waals surface area contributed by atoms with Crippen LogP contribution in [-0.2, 0) is 11.3 Å². The first-order valence-electron chi connectivity index (χ1n) is 7.29. The Kier molecular flexibility index (Phi) is 4.85. The zero-order chi connectivity index (χ0) is 16.3. The van der Waals surface area contributed by atoms with Crippen molar-refractivity contribution >= 4 is 11.8 Å². The van der Waals surface area contributed by atoms with Crippen LogP contribution in [0.4, 0.5) is 0 Å². The summed E-state index contributed by atoms with van der Waals surface area (Å²) in [6, 6.07) is 1.31. The van der Waals surface area contributed by atoms with Crippen LogP contribution in [0.25, 0.3) is 0 Å². The zero-order valence-corrected chi connectivity index (χ0v) is 13.1. The summed E-state index contributed by atoms with van der Waals surface area (Å²) in [6.45, 7) is 5.60. The molecular weight excluding hydrogens is 286 g/mol. The Labute approximate surface area is 128 Å². The molecule has 2 amide bonds. The molecule has 22 heavy (non-hydrogen) atoms. The number of aromatic nitrogens is 1. The van der Waals surface area contributed by atoms with Crippen molar-refractivity contribution in [2.45, 2.75) is 20.4 Å². The molecule has 7 nitrogen and oxygen atoms in total. The molecule has 0 unspecified atom stereocenters. The topological polar surface area (TPSA) is 80.6 Å². The van der Waals surface area contributed by atoms with Crippen LogP contribution in [-0.4, -0.2) is 48.0 Å². The van der Waals surface area contributed by atoms with Gasteiger partial charge in [-0.15, -0.1) is 0 Å². The number of nitrogens with one attached hydrogen (secondary N) is 1. The molecule has 0 radical (unpaired) electrons. The molecule has 1 aliphatic rings. The molecule has 0 saturated heterocycles. The summed E-state index contributed by atoms with van der Waals surface area (Å²) in [6.07, 6.45) is 1.56. The van der Waals surface area contributed by atoms with E-state index < -0.39 is 0 Å². The summed E-state index contributed by atoms with van der Waals surface area (Å²) in [7, 11) is 1.43. The minimum Gasteiger partial charge on any atom is -0.491 e. The highest BCUT2D eigenvalue weighted by atomic mass is 16.5. The van der Waals surface area contributed by atoms with Crippen LogP contribution in [0.2, 0.25) is 0 Å². The number of methoxy groups -OCH3 is 1. The second-order valence-electron chi connectivity index (χ2n) is 5.52. The molecule has 0 fully saturated rings. The third-order valence-corrected chi connectivity index (χ3v) is 3.64. The van der Waals surface area contributed by atoms with Gasteiger partial charge in [-0.25, -0.2) is 0 Å². The van der Waals surface area contributed by atoms with E-state index in [4.69, 9.17) is 4.74 Å². The molecule has 1 aliphatic heterocycles. The van der Waals surface area contributed by atoms with Crippen molar-refractivity contribution in [3.63, 3.8) is 0 Å². The number of hydrogen-bond acceptors (Lipinski definition) is 4. The lowest BCUT2D eigenvalue weighted by Crippen LogP contribution is -2.45. The van der Waals surface area contributed by atoms with Crippen molar-refractivity contribution in [2.75, 3.05) is 26.7 Å². The number of amides is 2. The Balaban J connectivity index is 2.04. The summed E-state index contributed by atoms with van der Waals surface area (Å²) in [5, 5.41) is 2.78. The average Bonchev–Trinajstić information content (AvgIpc) is 2.49. The maximum absolute atomic E-state index is 12.4. The van der Waals surface area contributed by atoms with Crippen LogP contribution in [0.15, 0.2) is 17.1 Å². The molecule has 1 N–H and O–H groups in total. The van der Waals surface area contributed by atoms with Crippen molar-refractivity contribution < 1.29 is 14.3 Å². The van der Waals surface area contributed by atoms with Gasteiger partial charge in [0.15, 0.2) is 5.75 Å². The molecule has 0 atom stereocenters. The molecule has 2 heterocycles. The monoisotopic (exact) mass is 307 g/mol. The Morgan fingerprint density at radius 2 is 2.09 bits per heavy atom. The van der Waals surface area contributed by atoms with E-state index in [9.17, 15) is 14.4 Å². The van der Waals surface area contributed by atoms with Crippen LogP contribution in [0, 0.1) is 5.92 Å². The molecule has 2 rings (SSSR count). The summed E-state index contributed by atoms with van der Waals surface area (Å²) in [5.41, 5.74) is 0.0456. The molecular formula is C15H21N3O4. The van der Waals surface area contributed by atoms with Gasteiger partial charge in [-0.05, 0) is 0 Å². The summed E-state index contributed by atoms with van der Waals surface area (Å²) in [4.78, 5) is 37.3. The van der Waals surface area contributed by atoms with E-state index in [1.54, 1.807) is 15.7 Å². The quantitative estimate of drug-likeness (QED) is 0.835. The van der Waals surface area contributed by atoms with Crippen molar-refractivity contribution in [1.29, 1.82) is 0 Å². The van der Waals surface area contributed by atoms with E-state index in [0.717, 1.165) is 0 Å². The van der Waals surface area contributed by atoms with Crippen LogP contribution in [0.1, 0.15) is 24.3 Å².